The van der Waals surface area contributed by atoms with Crippen LogP contribution >= 0.6 is 0 Å². The molecule has 0 saturated carbocycles. The van der Waals surface area contributed by atoms with Gasteiger partial charge in [0.05, 0.1) is 21.3 Å². The minimum Gasteiger partial charge on any atom is -0.395 e. The van der Waals surface area contributed by atoms with Gasteiger partial charge in [0, 0.05) is 55.8 Å². The highest BCUT2D eigenvalue weighted by molar-refractivity contribution is 7.86. The fourth-order valence-electron chi connectivity index (χ4n) is 6.51. The Morgan fingerprint density at radius 1 is 0.474 bits per heavy atom. The van der Waals surface area contributed by atoms with Crippen molar-refractivity contribution in [2.45, 2.75) is 21.1 Å². The number of rotatable bonds is 4. The van der Waals surface area contributed by atoms with E-state index in [4.69, 9.17) is 19.9 Å². The largest absolute Gasteiger partial charge is 0.395 e. The second-order valence-electron chi connectivity index (χ2n) is 12.7. The van der Waals surface area contributed by atoms with Crippen LogP contribution in [0, 0.1) is 11.8 Å². The minimum absolute atomic E-state index is 0.0237. The van der Waals surface area contributed by atoms with E-state index in [1.165, 1.54) is 36.4 Å². The number of hydrogen-bond acceptors (Lipinski definition) is 13. The summed E-state index contributed by atoms with van der Waals surface area (Å²) in [5, 5.41) is 10.3. The summed E-state index contributed by atoms with van der Waals surface area (Å²) in [5.74, 6) is 5.98. The molecule has 6 N–H and O–H groups in total. The van der Waals surface area contributed by atoms with Gasteiger partial charge in [-0.25, -0.2) is 29.9 Å². The number of aromatic amines is 2. The second kappa shape index (κ2) is 12.8. The van der Waals surface area contributed by atoms with Crippen molar-refractivity contribution in [1.29, 1.82) is 0 Å². The highest BCUT2D eigenvalue weighted by atomic mass is 32.2. The maximum atomic E-state index is 12.2. The number of fused-ring (bicyclic) bond motifs is 20. The van der Waals surface area contributed by atoms with Crippen molar-refractivity contribution in [3.8, 4) is 57.4 Å². The molecule has 7 aromatic rings. The summed E-state index contributed by atoms with van der Waals surface area (Å²) in [6.07, 6.45) is 0.233. The Labute approximate surface area is 320 Å². The fourth-order valence-corrected chi connectivity index (χ4v) is 8.03. The predicted molar refractivity (Wildman–Crippen MR) is 204 cm³/mol. The lowest BCUT2D eigenvalue weighted by molar-refractivity contribution is 0.305. The Bertz CT molecular complexity index is 3500. The van der Waals surface area contributed by atoms with Crippen molar-refractivity contribution < 1.29 is 44.0 Å². The van der Waals surface area contributed by atoms with E-state index >= 15 is 0 Å². The Balaban J connectivity index is 1.47. The normalized spacial score (nSPS) is 12.6. The molecule has 0 unspecified atom stereocenters. The summed E-state index contributed by atoms with van der Waals surface area (Å²) in [7, 11) is -14.1. The first-order chi connectivity index (χ1) is 27.0. The van der Waals surface area contributed by atoms with Gasteiger partial charge in [0.25, 0.3) is 30.4 Å². The van der Waals surface area contributed by atoms with Crippen molar-refractivity contribution >= 4 is 74.5 Å². The minimum atomic E-state index is -4.70. The molecule has 2 aliphatic heterocycles. The third kappa shape index (κ3) is 6.36. The van der Waals surface area contributed by atoms with Gasteiger partial charge in [-0.2, -0.15) is 25.3 Å². The smallest absolute Gasteiger partial charge is 0.294 e. The van der Waals surface area contributed by atoms with Crippen molar-refractivity contribution in [3.63, 3.8) is 0 Å². The highest BCUT2D eigenvalue weighted by Crippen LogP contribution is 2.38. The van der Waals surface area contributed by atoms with Crippen molar-refractivity contribution in [3.05, 3.63) is 78.4 Å². The van der Waals surface area contributed by atoms with Crippen molar-refractivity contribution in [1.82, 2.24) is 39.9 Å². The Morgan fingerprint density at radius 3 is 1.35 bits per heavy atom. The van der Waals surface area contributed by atoms with Crippen LogP contribution < -0.4 is 0 Å². The summed E-state index contributed by atoms with van der Waals surface area (Å²) < 4.78 is 103. The van der Waals surface area contributed by atoms with Gasteiger partial charge < -0.3 is 15.1 Å². The lowest BCUT2D eigenvalue weighted by Crippen LogP contribution is -1.98. The average molecular weight is 823 g/mol. The Hall–Kier alpha value is -6.51. The summed E-state index contributed by atoms with van der Waals surface area (Å²) >= 11 is 0. The lowest BCUT2D eigenvalue weighted by atomic mass is 10.0. The van der Waals surface area contributed by atoms with E-state index in [1.54, 1.807) is 18.2 Å². The number of aromatic nitrogens is 8. The molecule has 57 heavy (non-hydrogen) atoms. The van der Waals surface area contributed by atoms with Crippen LogP contribution in [0.25, 0.3) is 89.7 Å². The molecule has 284 valence electrons. The molecule has 9 rings (SSSR count). The van der Waals surface area contributed by atoms with Crippen molar-refractivity contribution in [2.24, 2.45) is 0 Å². The first-order valence-electron chi connectivity index (χ1n) is 16.5. The van der Waals surface area contributed by atoms with Gasteiger partial charge in [0.2, 0.25) is 0 Å². The van der Waals surface area contributed by atoms with Gasteiger partial charge in [-0.15, -0.1) is 0 Å². The van der Waals surface area contributed by atoms with Crippen LogP contribution in [0.3, 0.4) is 0 Å². The molecule has 0 atom stereocenters. The molecular formula is C36H22N8O10S3. The molecule has 0 aliphatic carbocycles. The monoisotopic (exact) mass is 822 g/mol. The van der Waals surface area contributed by atoms with E-state index in [9.17, 15) is 44.0 Å². The fraction of sp³-hybridized carbons (Fsp3) is 0.0556. The van der Waals surface area contributed by atoms with E-state index in [-0.39, 0.29) is 80.8 Å². The van der Waals surface area contributed by atoms with E-state index in [2.05, 4.69) is 31.8 Å². The zero-order valence-electron chi connectivity index (χ0n) is 28.5. The SMILES string of the molecule is O=S(=O)(O)c1ccc2c(c1)-c1nc-2nc2[nH]c(nc3nc(nc4[nH]c(n1)c1ccc(S(=O)(=O)O)cc41)-c1ccc(C#CCCO)cc1-3)c1ccc(S(=O)(=O)O)cc21. The van der Waals surface area contributed by atoms with Gasteiger partial charge in [0.15, 0.2) is 23.3 Å². The lowest BCUT2D eigenvalue weighted by Gasteiger charge is -2.02. The third-order valence-electron chi connectivity index (χ3n) is 9.11. The summed E-state index contributed by atoms with van der Waals surface area (Å²) in [4.78, 5) is 33.1. The summed E-state index contributed by atoms with van der Waals surface area (Å²) in [6, 6.07) is 16.3. The van der Waals surface area contributed by atoms with E-state index in [0.29, 0.717) is 27.5 Å². The molecule has 8 bridgehead atoms. The number of H-pyrrole nitrogens is 2. The van der Waals surface area contributed by atoms with Crippen LogP contribution in [0.15, 0.2) is 87.5 Å². The van der Waals surface area contributed by atoms with Crippen LogP contribution in [0.1, 0.15) is 12.0 Å². The molecule has 0 fully saturated rings. The number of benzene rings is 4. The van der Waals surface area contributed by atoms with Crippen LogP contribution in [-0.4, -0.2) is 90.5 Å². The van der Waals surface area contributed by atoms with Gasteiger partial charge in [0.1, 0.15) is 22.6 Å². The molecule has 0 saturated heterocycles. The molecule has 3 aromatic heterocycles. The predicted octanol–water partition coefficient (Wildman–Crippen LogP) is 4.34. The molecule has 21 heteroatoms. The average Bonchev–Trinajstić information content (AvgIpc) is 3.88. The van der Waals surface area contributed by atoms with Gasteiger partial charge >= 0.3 is 0 Å². The quantitative estimate of drug-likeness (QED) is 0.106. The number of nitrogens with zero attached hydrogens (tertiary/aromatic N) is 6. The zero-order chi connectivity index (χ0) is 40.0. The Kier molecular flexibility index (Phi) is 8.09. The number of aliphatic hydroxyl groups excluding tert-OH is 1. The Morgan fingerprint density at radius 2 is 0.877 bits per heavy atom. The topological polar surface area (TPSA) is 292 Å². The first-order valence-corrected chi connectivity index (χ1v) is 20.8. The van der Waals surface area contributed by atoms with Crippen LogP contribution in [0.2, 0.25) is 0 Å². The number of nitrogens with one attached hydrogen (secondary N) is 2. The zero-order valence-corrected chi connectivity index (χ0v) is 30.9. The van der Waals surface area contributed by atoms with E-state index in [0.717, 1.165) is 18.2 Å². The van der Waals surface area contributed by atoms with Crippen LogP contribution in [0.4, 0.5) is 0 Å². The first kappa shape index (κ1) is 36.1. The standard InChI is InChI=1S/C36H22N8O10S3/c45-12-2-1-3-17-4-8-21-25(13-17)33-37-29(21)39-34-27-15-19(56(49,50)51)6-10-23(27)31(41-34)43-36-28-16-20(57(52,53)54)7-11-24(28)32(44-36)42-35-26-14-18(55(46,47)48)5-9-22(26)30(38-33)40-35/h4-11,13-16,45H,2,12H2,(H,46,47,48)(H,49,50,51)(H,52,53,54)(H2,37,38,39,40,41,42,43,44). The summed E-state index contributed by atoms with van der Waals surface area (Å²) in [5.41, 5.74) is 2.23. The maximum absolute atomic E-state index is 12.2. The molecule has 0 radical (unpaired) electrons. The van der Waals surface area contributed by atoms with Gasteiger partial charge in [-0.3, -0.25) is 13.7 Å². The molecule has 4 aromatic carbocycles. The third-order valence-corrected chi connectivity index (χ3v) is 11.7. The van der Waals surface area contributed by atoms with Crippen LogP contribution in [-0.2, 0) is 30.4 Å². The second-order valence-corrected chi connectivity index (χ2v) is 17.0. The van der Waals surface area contributed by atoms with Gasteiger partial charge in [-0.05, 0) is 72.8 Å². The number of aliphatic hydroxyl groups is 1. The molecule has 0 spiro atoms. The van der Waals surface area contributed by atoms with Crippen molar-refractivity contribution in [2.75, 3.05) is 6.61 Å². The highest BCUT2D eigenvalue weighted by Gasteiger charge is 2.25. The molecule has 0 amide bonds. The molecule has 18 nitrogen and oxygen atoms in total. The maximum Gasteiger partial charge on any atom is 0.294 e. The van der Waals surface area contributed by atoms with Gasteiger partial charge in [-0.1, -0.05) is 11.8 Å². The molecule has 5 heterocycles. The van der Waals surface area contributed by atoms with E-state index < -0.39 is 45.0 Å². The number of hydrogen-bond donors (Lipinski definition) is 6. The molecule has 2 aliphatic rings. The summed E-state index contributed by atoms with van der Waals surface area (Å²) in [6.45, 7) is -0.135. The van der Waals surface area contributed by atoms with Crippen LogP contribution in [0.5, 0.6) is 0 Å². The van der Waals surface area contributed by atoms with E-state index in [1.807, 2.05) is 0 Å². The molecular weight excluding hydrogens is 801 g/mol.